The molecule has 0 saturated carbocycles. The number of hydrogen-bond acceptors (Lipinski definition) is 6. The van der Waals surface area contributed by atoms with Crippen molar-refractivity contribution in [2.24, 2.45) is 5.10 Å². The molecule has 192 valence electrons. The van der Waals surface area contributed by atoms with Crippen LogP contribution >= 0.6 is 15.9 Å². The van der Waals surface area contributed by atoms with Crippen LogP contribution in [0.4, 0.5) is 5.69 Å². The lowest BCUT2D eigenvalue weighted by atomic mass is 10.00. The van der Waals surface area contributed by atoms with Gasteiger partial charge in [0.2, 0.25) is 0 Å². The summed E-state index contributed by atoms with van der Waals surface area (Å²) in [7, 11) is 0. The van der Waals surface area contributed by atoms with E-state index in [1.54, 1.807) is 36.4 Å². The molecule has 0 saturated heterocycles. The maximum absolute atomic E-state index is 13.2. The van der Waals surface area contributed by atoms with Gasteiger partial charge in [0.05, 0.1) is 31.2 Å². The van der Waals surface area contributed by atoms with Crippen LogP contribution in [-0.4, -0.2) is 42.3 Å². The van der Waals surface area contributed by atoms with Gasteiger partial charge >= 0.3 is 0 Å². The molecule has 0 fully saturated rings. The highest BCUT2D eigenvalue weighted by atomic mass is 79.9. The number of anilines is 1. The van der Waals surface area contributed by atoms with Gasteiger partial charge in [-0.1, -0.05) is 52.3 Å². The molecule has 9 heteroatoms. The summed E-state index contributed by atoms with van der Waals surface area (Å²) in [6, 6.07) is 24.0. The number of ether oxygens (including phenoxy) is 2. The second-order valence-electron chi connectivity index (χ2n) is 8.19. The van der Waals surface area contributed by atoms with Crippen LogP contribution in [0.3, 0.4) is 0 Å². The van der Waals surface area contributed by atoms with Gasteiger partial charge in [-0.05, 0) is 55.0 Å². The van der Waals surface area contributed by atoms with Gasteiger partial charge in [-0.2, -0.15) is 10.4 Å². The molecule has 0 aromatic heterocycles. The largest absolute Gasteiger partial charge is 0.490 e. The molecular formula is C29H25BrN4O4. The van der Waals surface area contributed by atoms with E-state index in [9.17, 15) is 9.59 Å². The van der Waals surface area contributed by atoms with E-state index in [1.165, 1.54) is 5.01 Å². The Kier molecular flexibility index (Phi) is 8.90. The van der Waals surface area contributed by atoms with Gasteiger partial charge in [-0.15, -0.1) is 0 Å². The van der Waals surface area contributed by atoms with Crippen LogP contribution in [-0.2, 0) is 9.59 Å². The first-order valence-corrected chi connectivity index (χ1v) is 12.8. The van der Waals surface area contributed by atoms with Gasteiger partial charge in [-0.3, -0.25) is 9.59 Å². The van der Waals surface area contributed by atoms with Crippen LogP contribution in [0, 0.1) is 11.3 Å². The average molecular weight is 573 g/mol. The lowest BCUT2D eigenvalue weighted by Gasteiger charge is -2.13. The van der Waals surface area contributed by atoms with E-state index < -0.39 is 0 Å². The van der Waals surface area contributed by atoms with Gasteiger partial charge in [-0.25, -0.2) is 5.01 Å². The fourth-order valence-electron chi connectivity index (χ4n) is 3.75. The van der Waals surface area contributed by atoms with Crippen LogP contribution in [0.15, 0.2) is 87.9 Å². The zero-order valence-corrected chi connectivity index (χ0v) is 22.3. The highest BCUT2D eigenvalue weighted by Crippen LogP contribution is 2.31. The molecule has 1 N–H and O–H groups in total. The maximum atomic E-state index is 13.2. The number of benzene rings is 3. The van der Waals surface area contributed by atoms with E-state index in [0.29, 0.717) is 40.6 Å². The Bertz CT molecular complexity index is 1410. The number of nitrogens with one attached hydrogen (secondary N) is 1. The maximum Gasteiger partial charge on any atom is 0.276 e. The number of carbonyl (C=O) groups is 2. The Hall–Kier alpha value is -4.42. The molecule has 38 heavy (non-hydrogen) atoms. The first-order chi connectivity index (χ1) is 18.5. The number of rotatable bonds is 10. The summed E-state index contributed by atoms with van der Waals surface area (Å²) in [6.07, 6.45) is 1.92. The topological polar surface area (TPSA) is 104 Å². The Morgan fingerprint density at radius 3 is 2.55 bits per heavy atom. The van der Waals surface area contributed by atoms with Gasteiger partial charge < -0.3 is 14.8 Å². The molecular weight excluding hydrogens is 548 g/mol. The summed E-state index contributed by atoms with van der Waals surface area (Å²) >= 11 is 3.37. The molecule has 0 radical (unpaired) electrons. The zero-order chi connectivity index (χ0) is 26.9. The summed E-state index contributed by atoms with van der Waals surface area (Å²) in [5.74, 6) is 0.272. The number of nitrogens with zero attached hydrogens (tertiary/aromatic N) is 3. The number of amides is 2. The molecule has 3 aromatic carbocycles. The van der Waals surface area contributed by atoms with Gasteiger partial charge in [0.1, 0.15) is 5.71 Å². The summed E-state index contributed by atoms with van der Waals surface area (Å²) in [6.45, 7) is 2.25. The molecule has 0 aliphatic carbocycles. The van der Waals surface area contributed by atoms with Crippen molar-refractivity contribution in [2.75, 3.05) is 25.1 Å². The van der Waals surface area contributed by atoms with E-state index in [2.05, 4.69) is 32.4 Å². The average Bonchev–Trinajstić information content (AvgIpc) is 3.23. The van der Waals surface area contributed by atoms with E-state index in [1.807, 2.05) is 49.4 Å². The molecule has 4 rings (SSSR count). The third-order valence-electron chi connectivity index (χ3n) is 5.49. The highest BCUT2D eigenvalue weighted by molar-refractivity contribution is 9.10. The van der Waals surface area contributed by atoms with Crippen LogP contribution < -0.4 is 14.8 Å². The van der Waals surface area contributed by atoms with E-state index in [0.717, 1.165) is 10.0 Å². The zero-order valence-electron chi connectivity index (χ0n) is 20.7. The summed E-state index contributed by atoms with van der Waals surface area (Å²) in [5, 5.41) is 17.6. The Morgan fingerprint density at radius 2 is 1.84 bits per heavy atom. The van der Waals surface area contributed by atoms with Crippen molar-refractivity contribution in [2.45, 2.75) is 13.3 Å². The van der Waals surface area contributed by atoms with Crippen molar-refractivity contribution in [3.8, 4) is 17.6 Å². The molecule has 3 aromatic rings. The van der Waals surface area contributed by atoms with E-state index in [-0.39, 0.29) is 31.4 Å². The third-order valence-corrected chi connectivity index (χ3v) is 6.02. The molecule has 1 aliphatic rings. The Labute approximate surface area is 229 Å². The summed E-state index contributed by atoms with van der Waals surface area (Å²) in [4.78, 5) is 25.5. The lowest BCUT2D eigenvalue weighted by Crippen LogP contribution is -2.23. The molecule has 0 bridgehead atoms. The van der Waals surface area contributed by atoms with Crippen molar-refractivity contribution >= 4 is 45.2 Å². The predicted molar refractivity (Wildman–Crippen MR) is 149 cm³/mol. The first kappa shape index (κ1) is 26.6. The summed E-state index contributed by atoms with van der Waals surface area (Å²) in [5.41, 5.74) is 3.12. The first-order valence-electron chi connectivity index (χ1n) is 12.0. The van der Waals surface area contributed by atoms with Crippen LogP contribution in [0.2, 0.25) is 0 Å². The molecule has 1 heterocycles. The smallest absolute Gasteiger partial charge is 0.276 e. The third kappa shape index (κ3) is 6.66. The van der Waals surface area contributed by atoms with Crippen molar-refractivity contribution in [1.82, 2.24) is 5.01 Å². The molecule has 0 spiro atoms. The number of nitriles is 1. The SMILES string of the molecule is CCOc1cc(C=C2C(=O)N(CCC#N)N=C2c2ccccc2)ccc1OCC(=O)Nc1ccc(Br)cc1. The minimum Gasteiger partial charge on any atom is -0.490 e. The van der Waals surface area contributed by atoms with Crippen molar-refractivity contribution in [3.05, 3.63) is 94.0 Å². The number of hydrogen-bond donors (Lipinski definition) is 1. The van der Waals surface area contributed by atoms with Crippen molar-refractivity contribution in [3.63, 3.8) is 0 Å². The van der Waals surface area contributed by atoms with Crippen molar-refractivity contribution < 1.29 is 19.1 Å². The Morgan fingerprint density at radius 1 is 1.08 bits per heavy atom. The molecule has 8 nitrogen and oxygen atoms in total. The standard InChI is InChI=1S/C29H25BrN4O4/c1-2-37-26-18-20(9-14-25(26)38-19-27(35)32-23-12-10-22(30)11-13-23)17-24-28(21-7-4-3-5-8-21)33-34(29(24)36)16-6-15-31/h3-5,7-14,17-18H,2,6,16,19H2,1H3,(H,32,35). The monoisotopic (exact) mass is 572 g/mol. The number of carbonyl (C=O) groups excluding carboxylic acids is 2. The van der Waals surface area contributed by atoms with E-state index >= 15 is 0 Å². The highest BCUT2D eigenvalue weighted by Gasteiger charge is 2.30. The van der Waals surface area contributed by atoms with Gasteiger partial charge in [0.25, 0.3) is 11.8 Å². The summed E-state index contributed by atoms with van der Waals surface area (Å²) < 4.78 is 12.4. The molecule has 0 atom stereocenters. The van der Waals surface area contributed by atoms with Gasteiger partial charge in [0.15, 0.2) is 18.1 Å². The number of halogens is 1. The normalized spacial score (nSPS) is 13.7. The van der Waals surface area contributed by atoms with Crippen molar-refractivity contribution in [1.29, 1.82) is 5.26 Å². The molecule has 0 unspecified atom stereocenters. The minimum absolute atomic E-state index is 0.181. The second-order valence-corrected chi connectivity index (χ2v) is 9.11. The quantitative estimate of drug-likeness (QED) is 0.327. The van der Waals surface area contributed by atoms with Crippen LogP contribution in [0.25, 0.3) is 6.08 Å². The Balaban J connectivity index is 1.54. The molecule has 2 amide bonds. The number of hydrazone groups is 1. The fraction of sp³-hybridized carbons (Fsp3) is 0.172. The van der Waals surface area contributed by atoms with Crippen LogP contribution in [0.5, 0.6) is 11.5 Å². The fourth-order valence-corrected chi connectivity index (χ4v) is 4.01. The van der Waals surface area contributed by atoms with E-state index in [4.69, 9.17) is 14.7 Å². The minimum atomic E-state index is -0.307. The molecule has 1 aliphatic heterocycles. The predicted octanol–water partition coefficient (Wildman–Crippen LogP) is 5.41. The van der Waals surface area contributed by atoms with Crippen LogP contribution in [0.1, 0.15) is 24.5 Å². The second kappa shape index (κ2) is 12.7. The lowest BCUT2D eigenvalue weighted by molar-refractivity contribution is -0.125. The van der Waals surface area contributed by atoms with Gasteiger partial charge in [0, 0.05) is 15.7 Å².